The molecule has 0 saturated carbocycles. The molecule has 1 N–H and O–H groups in total. The zero-order valence-corrected chi connectivity index (χ0v) is 10.4. The molecule has 0 unspecified atom stereocenters. The molecule has 96 valence electrons. The van der Waals surface area contributed by atoms with Crippen LogP contribution in [0.4, 0.5) is 0 Å². The van der Waals surface area contributed by atoms with E-state index in [1.54, 1.807) is 13.8 Å². The van der Waals surface area contributed by atoms with Gasteiger partial charge in [0.25, 0.3) is 0 Å². The maximum absolute atomic E-state index is 11.8. The summed E-state index contributed by atoms with van der Waals surface area (Å²) in [4.78, 5) is 36.1. The van der Waals surface area contributed by atoms with Crippen LogP contribution in [-0.2, 0) is 19.1 Å². The SMILES string of the molecule is COC(=O)[C@@H]1CCCN1C(=O)C(=O)NC(C)C. The minimum Gasteiger partial charge on any atom is -0.467 e. The number of hydrogen-bond donors (Lipinski definition) is 1. The van der Waals surface area contributed by atoms with Crippen LogP contribution in [0, 0.1) is 0 Å². The van der Waals surface area contributed by atoms with Gasteiger partial charge in [0.15, 0.2) is 0 Å². The van der Waals surface area contributed by atoms with E-state index in [-0.39, 0.29) is 6.04 Å². The standard InChI is InChI=1S/C11H18N2O4/c1-7(2)12-9(14)10(15)13-6-4-5-8(13)11(16)17-3/h7-8H,4-6H2,1-3H3,(H,12,14)/t8-/m0/s1. The maximum atomic E-state index is 11.8. The number of nitrogens with zero attached hydrogens (tertiary/aromatic N) is 1. The second-order valence-corrected chi connectivity index (χ2v) is 4.31. The molecule has 17 heavy (non-hydrogen) atoms. The smallest absolute Gasteiger partial charge is 0.328 e. The van der Waals surface area contributed by atoms with Gasteiger partial charge in [-0.15, -0.1) is 0 Å². The van der Waals surface area contributed by atoms with Gasteiger partial charge in [0, 0.05) is 12.6 Å². The van der Waals surface area contributed by atoms with Crippen LogP contribution in [-0.4, -0.2) is 48.4 Å². The van der Waals surface area contributed by atoms with Crippen molar-refractivity contribution in [3.05, 3.63) is 0 Å². The van der Waals surface area contributed by atoms with E-state index >= 15 is 0 Å². The van der Waals surface area contributed by atoms with Crippen LogP contribution in [0.5, 0.6) is 0 Å². The Labute approximate surface area is 100 Å². The van der Waals surface area contributed by atoms with Crippen LogP contribution >= 0.6 is 0 Å². The molecule has 2 amide bonds. The van der Waals surface area contributed by atoms with Crippen molar-refractivity contribution >= 4 is 17.8 Å². The number of hydrogen-bond acceptors (Lipinski definition) is 4. The summed E-state index contributed by atoms with van der Waals surface area (Å²) in [5.41, 5.74) is 0. The summed E-state index contributed by atoms with van der Waals surface area (Å²) in [6.45, 7) is 3.96. The second kappa shape index (κ2) is 5.65. The quantitative estimate of drug-likeness (QED) is 0.531. The van der Waals surface area contributed by atoms with Gasteiger partial charge in [0.1, 0.15) is 6.04 Å². The van der Waals surface area contributed by atoms with Crippen LogP contribution in [0.1, 0.15) is 26.7 Å². The number of nitrogens with one attached hydrogen (secondary N) is 1. The Morgan fingerprint density at radius 1 is 1.35 bits per heavy atom. The lowest BCUT2D eigenvalue weighted by Gasteiger charge is -2.22. The van der Waals surface area contributed by atoms with Crippen molar-refractivity contribution in [3.63, 3.8) is 0 Å². The van der Waals surface area contributed by atoms with Gasteiger partial charge >= 0.3 is 17.8 Å². The Morgan fingerprint density at radius 2 is 2.00 bits per heavy atom. The summed E-state index contributed by atoms with van der Waals surface area (Å²) in [5.74, 6) is -1.80. The third-order valence-electron chi connectivity index (χ3n) is 2.60. The molecule has 0 aliphatic carbocycles. The number of likely N-dealkylation sites (tertiary alicyclic amines) is 1. The number of rotatable bonds is 2. The van der Waals surface area contributed by atoms with E-state index in [1.807, 2.05) is 0 Å². The van der Waals surface area contributed by atoms with Crippen LogP contribution < -0.4 is 5.32 Å². The molecule has 0 spiro atoms. The molecule has 0 radical (unpaired) electrons. The Kier molecular flexibility index (Phi) is 4.48. The first-order valence-electron chi connectivity index (χ1n) is 5.66. The average Bonchev–Trinajstić information content (AvgIpc) is 2.74. The molecule has 0 bridgehead atoms. The Bertz CT molecular complexity index is 327. The number of carbonyl (C=O) groups excluding carboxylic acids is 3. The maximum Gasteiger partial charge on any atom is 0.328 e. The van der Waals surface area contributed by atoms with Crippen molar-refractivity contribution < 1.29 is 19.1 Å². The van der Waals surface area contributed by atoms with Crippen LogP contribution in [0.25, 0.3) is 0 Å². The first-order valence-corrected chi connectivity index (χ1v) is 5.66. The Balaban J connectivity index is 2.68. The Morgan fingerprint density at radius 3 is 2.53 bits per heavy atom. The molecule has 1 heterocycles. The highest BCUT2D eigenvalue weighted by Gasteiger charge is 2.37. The van der Waals surface area contributed by atoms with Gasteiger partial charge < -0.3 is 15.0 Å². The topological polar surface area (TPSA) is 75.7 Å². The first kappa shape index (κ1) is 13.5. The zero-order valence-electron chi connectivity index (χ0n) is 10.4. The van der Waals surface area contributed by atoms with Crippen molar-refractivity contribution in [3.8, 4) is 0 Å². The van der Waals surface area contributed by atoms with Gasteiger partial charge in [-0.2, -0.15) is 0 Å². The fourth-order valence-electron chi connectivity index (χ4n) is 1.85. The van der Waals surface area contributed by atoms with Gasteiger partial charge in [0.2, 0.25) is 0 Å². The fourth-order valence-corrected chi connectivity index (χ4v) is 1.85. The molecule has 6 heteroatoms. The molecule has 1 aliphatic heterocycles. The lowest BCUT2D eigenvalue weighted by molar-refractivity contribution is -0.154. The molecule has 1 fully saturated rings. The number of esters is 1. The molecule has 6 nitrogen and oxygen atoms in total. The number of ether oxygens (including phenoxy) is 1. The van der Waals surface area contributed by atoms with E-state index in [9.17, 15) is 14.4 Å². The normalized spacial score (nSPS) is 19.3. The number of carbonyl (C=O) groups is 3. The van der Waals surface area contributed by atoms with Crippen molar-refractivity contribution in [1.82, 2.24) is 10.2 Å². The van der Waals surface area contributed by atoms with Gasteiger partial charge in [0.05, 0.1) is 7.11 Å². The number of methoxy groups -OCH3 is 1. The third kappa shape index (κ3) is 3.18. The van der Waals surface area contributed by atoms with E-state index in [2.05, 4.69) is 10.1 Å². The van der Waals surface area contributed by atoms with Gasteiger partial charge in [-0.25, -0.2) is 4.79 Å². The van der Waals surface area contributed by atoms with Crippen LogP contribution in [0.3, 0.4) is 0 Å². The van der Waals surface area contributed by atoms with E-state index in [0.717, 1.165) is 0 Å². The van der Waals surface area contributed by atoms with Gasteiger partial charge in [-0.1, -0.05) is 0 Å². The summed E-state index contributed by atoms with van der Waals surface area (Å²) in [5, 5.41) is 2.51. The summed E-state index contributed by atoms with van der Waals surface area (Å²) in [6, 6.07) is -0.726. The minimum absolute atomic E-state index is 0.106. The highest BCUT2D eigenvalue weighted by Crippen LogP contribution is 2.18. The molecule has 0 aromatic rings. The van der Waals surface area contributed by atoms with Crippen molar-refractivity contribution in [1.29, 1.82) is 0 Å². The predicted molar refractivity (Wildman–Crippen MR) is 60.0 cm³/mol. The fraction of sp³-hybridized carbons (Fsp3) is 0.727. The second-order valence-electron chi connectivity index (χ2n) is 4.31. The zero-order chi connectivity index (χ0) is 13.0. The van der Waals surface area contributed by atoms with Crippen molar-refractivity contribution in [2.45, 2.75) is 38.8 Å². The summed E-state index contributed by atoms with van der Waals surface area (Å²) < 4.78 is 4.61. The van der Waals surface area contributed by atoms with Crippen LogP contribution in [0.15, 0.2) is 0 Å². The first-order chi connectivity index (χ1) is 7.97. The number of amides is 2. The van der Waals surface area contributed by atoms with E-state index < -0.39 is 23.8 Å². The van der Waals surface area contributed by atoms with Crippen molar-refractivity contribution in [2.24, 2.45) is 0 Å². The third-order valence-corrected chi connectivity index (χ3v) is 2.60. The van der Waals surface area contributed by atoms with E-state index in [1.165, 1.54) is 12.0 Å². The minimum atomic E-state index is -0.671. The summed E-state index contributed by atoms with van der Waals surface area (Å²) in [6.07, 6.45) is 1.26. The molecule has 1 rings (SSSR count). The van der Waals surface area contributed by atoms with E-state index in [0.29, 0.717) is 19.4 Å². The average molecular weight is 242 g/mol. The molecule has 0 aromatic carbocycles. The monoisotopic (exact) mass is 242 g/mol. The van der Waals surface area contributed by atoms with Crippen molar-refractivity contribution in [2.75, 3.05) is 13.7 Å². The largest absolute Gasteiger partial charge is 0.467 e. The molecule has 1 aliphatic rings. The lowest BCUT2D eigenvalue weighted by Crippen LogP contribution is -2.49. The predicted octanol–water partition coefficient (Wildman–Crippen LogP) is -0.325. The summed E-state index contributed by atoms with van der Waals surface area (Å²) >= 11 is 0. The van der Waals surface area contributed by atoms with E-state index in [4.69, 9.17) is 0 Å². The molecular weight excluding hydrogens is 224 g/mol. The highest BCUT2D eigenvalue weighted by atomic mass is 16.5. The van der Waals surface area contributed by atoms with Crippen LogP contribution in [0.2, 0.25) is 0 Å². The lowest BCUT2D eigenvalue weighted by atomic mass is 10.2. The summed E-state index contributed by atoms with van der Waals surface area (Å²) in [7, 11) is 1.28. The van der Waals surface area contributed by atoms with Gasteiger partial charge in [-0.3, -0.25) is 9.59 Å². The molecule has 1 saturated heterocycles. The van der Waals surface area contributed by atoms with Gasteiger partial charge in [-0.05, 0) is 26.7 Å². The molecule has 0 aromatic heterocycles. The molecule has 1 atom stereocenters. The highest BCUT2D eigenvalue weighted by molar-refractivity contribution is 6.35. The molecular formula is C11H18N2O4. The Hall–Kier alpha value is -1.59.